The van der Waals surface area contributed by atoms with Crippen molar-refractivity contribution in [3.05, 3.63) is 71.1 Å². The highest BCUT2D eigenvalue weighted by Gasteiger charge is 2.15. The number of hydrogen-bond donors (Lipinski definition) is 0. The minimum atomic E-state index is 0.432. The normalized spacial score (nSPS) is 11.1. The predicted octanol–water partition coefficient (Wildman–Crippen LogP) is 5.42. The molecule has 0 unspecified atom stereocenters. The van der Waals surface area contributed by atoms with E-state index in [0.717, 1.165) is 32.2 Å². The summed E-state index contributed by atoms with van der Waals surface area (Å²) < 4.78 is 15.7. The first-order chi connectivity index (χ1) is 13.2. The van der Waals surface area contributed by atoms with Gasteiger partial charge in [-0.15, -0.1) is 11.3 Å². The molecule has 0 spiro atoms. The fourth-order valence-electron chi connectivity index (χ4n) is 2.85. The summed E-state index contributed by atoms with van der Waals surface area (Å²) in [7, 11) is 3.24. The van der Waals surface area contributed by atoms with E-state index in [9.17, 15) is 4.79 Å². The second-order valence-electron chi connectivity index (χ2n) is 5.67. The lowest BCUT2D eigenvalue weighted by molar-refractivity contribution is -0.120. The third kappa shape index (κ3) is 4.04. The standard InChI is InChI=1S/C22H20O4S/c1-4-18(19-9-8-17(25-3)13-20(19)26-14-23)22-11-10-21(27-22)15-6-5-7-16(12-15)24-2/h4-14H,1-3H3/b18-4+. The van der Waals surface area contributed by atoms with Crippen LogP contribution in [0.4, 0.5) is 0 Å². The maximum absolute atomic E-state index is 10.9. The van der Waals surface area contributed by atoms with E-state index in [0.29, 0.717) is 18.0 Å². The number of carbonyl (C=O) groups is 1. The molecule has 0 fully saturated rings. The second kappa shape index (κ2) is 8.56. The zero-order valence-electron chi connectivity index (χ0n) is 15.4. The molecule has 1 aromatic heterocycles. The molecule has 138 valence electrons. The molecule has 2 aromatic carbocycles. The van der Waals surface area contributed by atoms with E-state index < -0.39 is 0 Å². The summed E-state index contributed by atoms with van der Waals surface area (Å²) in [4.78, 5) is 13.1. The third-order valence-electron chi connectivity index (χ3n) is 4.17. The van der Waals surface area contributed by atoms with Gasteiger partial charge in [-0.25, -0.2) is 0 Å². The van der Waals surface area contributed by atoms with Crippen LogP contribution in [0.2, 0.25) is 0 Å². The first kappa shape index (κ1) is 18.7. The van der Waals surface area contributed by atoms with Crippen LogP contribution in [0.5, 0.6) is 17.2 Å². The summed E-state index contributed by atoms with van der Waals surface area (Å²) in [5, 5.41) is 0. The predicted molar refractivity (Wildman–Crippen MR) is 109 cm³/mol. The number of carbonyl (C=O) groups excluding carboxylic acids is 1. The Balaban J connectivity index is 2.00. The van der Waals surface area contributed by atoms with Crippen molar-refractivity contribution in [1.82, 2.24) is 0 Å². The number of methoxy groups -OCH3 is 2. The third-order valence-corrected chi connectivity index (χ3v) is 5.34. The summed E-state index contributed by atoms with van der Waals surface area (Å²) in [5.74, 6) is 1.92. The van der Waals surface area contributed by atoms with Crippen molar-refractivity contribution >= 4 is 23.4 Å². The summed E-state index contributed by atoms with van der Waals surface area (Å²) in [6, 6.07) is 17.6. The summed E-state index contributed by atoms with van der Waals surface area (Å²) >= 11 is 1.67. The van der Waals surface area contributed by atoms with Crippen LogP contribution in [0.1, 0.15) is 17.4 Å². The highest BCUT2D eigenvalue weighted by atomic mass is 32.1. The zero-order chi connectivity index (χ0) is 19.2. The van der Waals surface area contributed by atoms with Crippen LogP contribution in [0.25, 0.3) is 16.0 Å². The fraction of sp³-hybridized carbons (Fsp3) is 0.136. The van der Waals surface area contributed by atoms with Crippen LogP contribution in [0.3, 0.4) is 0 Å². The maximum atomic E-state index is 10.9. The number of hydrogen-bond acceptors (Lipinski definition) is 5. The molecular formula is C22H20O4S. The molecule has 0 aliphatic rings. The minimum absolute atomic E-state index is 0.432. The number of thiophene rings is 1. The first-order valence-corrected chi connectivity index (χ1v) is 9.21. The van der Waals surface area contributed by atoms with Crippen molar-refractivity contribution in [2.24, 2.45) is 0 Å². The highest BCUT2D eigenvalue weighted by molar-refractivity contribution is 7.16. The van der Waals surface area contributed by atoms with Gasteiger partial charge in [-0.3, -0.25) is 4.79 Å². The number of benzene rings is 2. The fourth-order valence-corrected chi connectivity index (χ4v) is 3.94. The van der Waals surface area contributed by atoms with Crippen LogP contribution >= 0.6 is 11.3 Å². The first-order valence-electron chi connectivity index (χ1n) is 8.39. The minimum Gasteiger partial charge on any atom is -0.497 e. The van der Waals surface area contributed by atoms with Gasteiger partial charge in [-0.1, -0.05) is 18.2 Å². The molecular weight excluding hydrogens is 360 g/mol. The maximum Gasteiger partial charge on any atom is 0.298 e. The molecule has 3 rings (SSSR count). The summed E-state index contributed by atoms with van der Waals surface area (Å²) in [5.41, 5.74) is 2.93. The Bertz CT molecular complexity index is 972. The Morgan fingerprint density at radius 2 is 1.74 bits per heavy atom. The molecule has 0 radical (unpaired) electrons. The van der Waals surface area contributed by atoms with E-state index in [4.69, 9.17) is 14.2 Å². The molecule has 0 aliphatic carbocycles. The average Bonchev–Trinajstić information content (AvgIpc) is 3.19. The molecule has 4 nitrogen and oxygen atoms in total. The van der Waals surface area contributed by atoms with Crippen LogP contribution in [-0.4, -0.2) is 20.7 Å². The van der Waals surface area contributed by atoms with Gasteiger partial charge in [0, 0.05) is 21.4 Å². The van der Waals surface area contributed by atoms with E-state index in [2.05, 4.69) is 18.2 Å². The van der Waals surface area contributed by atoms with E-state index in [1.807, 2.05) is 43.3 Å². The molecule has 0 N–H and O–H groups in total. The molecule has 27 heavy (non-hydrogen) atoms. The van der Waals surface area contributed by atoms with Gasteiger partial charge in [-0.05, 0) is 54.5 Å². The molecule has 1 heterocycles. The van der Waals surface area contributed by atoms with Crippen LogP contribution in [-0.2, 0) is 4.79 Å². The lowest BCUT2D eigenvalue weighted by Crippen LogP contribution is -1.96. The van der Waals surface area contributed by atoms with Gasteiger partial charge in [0.05, 0.1) is 14.2 Å². The number of rotatable bonds is 7. The van der Waals surface area contributed by atoms with Gasteiger partial charge >= 0.3 is 0 Å². The smallest absolute Gasteiger partial charge is 0.298 e. The Labute approximate surface area is 162 Å². The van der Waals surface area contributed by atoms with E-state index in [1.165, 1.54) is 0 Å². The van der Waals surface area contributed by atoms with Crippen molar-refractivity contribution in [2.75, 3.05) is 14.2 Å². The lowest BCUT2D eigenvalue weighted by Gasteiger charge is -2.11. The Morgan fingerprint density at radius 1 is 0.963 bits per heavy atom. The van der Waals surface area contributed by atoms with Crippen LogP contribution in [0, 0.1) is 0 Å². The SMILES string of the molecule is C/C=C(/c1ccc(-c2cccc(OC)c2)s1)c1ccc(OC)cc1OC=O. The van der Waals surface area contributed by atoms with Crippen LogP contribution in [0.15, 0.2) is 60.7 Å². The molecule has 0 atom stereocenters. The monoisotopic (exact) mass is 380 g/mol. The van der Waals surface area contributed by atoms with E-state index in [1.54, 1.807) is 31.6 Å². The molecule has 5 heteroatoms. The van der Waals surface area contributed by atoms with E-state index in [-0.39, 0.29) is 0 Å². The van der Waals surface area contributed by atoms with Crippen molar-refractivity contribution < 1.29 is 19.0 Å². The van der Waals surface area contributed by atoms with Gasteiger partial charge in [0.25, 0.3) is 6.47 Å². The lowest BCUT2D eigenvalue weighted by atomic mass is 10.0. The summed E-state index contributed by atoms with van der Waals surface area (Å²) in [6.45, 7) is 2.40. The highest BCUT2D eigenvalue weighted by Crippen LogP contribution is 2.39. The van der Waals surface area contributed by atoms with Gasteiger partial charge in [-0.2, -0.15) is 0 Å². The topological polar surface area (TPSA) is 44.8 Å². The summed E-state index contributed by atoms with van der Waals surface area (Å²) in [6.07, 6.45) is 2.01. The van der Waals surface area contributed by atoms with Crippen molar-refractivity contribution in [1.29, 1.82) is 0 Å². The Morgan fingerprint density at radius 3 is 2.44 bits per heavy atom. The molecule has 0 bridgehead atoms. The molecule has 0 saturated heterocycles. The van der Waals surface area contributed by atoms with Crippen LogP contribution < -0.4 is 14.2 Å². The van der Waals surface area contributed by atoms with Gasteiger partial charge in [0.1, 0.15) is 17.2 Å². The van der Waals surface area contributed by atoms with Crippen molar-refractivity contribution in [3.63, 3.8) is 0 Å². The second-order valence-corrected chi connectivity index (χ2v) is 6.76. The average molecular weight is 380 g/mol. The number of allylic oxidation sites excluding steroid dienone is 1. The van der Waals surface area contributed by atoms with Gasteiger partial charge in [0.15, 0.2) is 0 Å². The van der Waals surface area contributed by atoms with Crippen molar-refractivity contribution in [3.8, 4) is 27.7 Å². The Kier molecular flexibility index (Phi) is 5.94. The molecule has 0 aliphatic heterocycles. The molecule has 0 saturated carbocycles. The Hall–Kier alpha value is -3.05. The van der Waals surface area contributed by atoms with Gasteiger partial charge < -0.3 is 14.2 Å². The molecule has 0 amide bonds. The molecule has 3 aromatic rings. The zero-order valence-corrected chi connectivity index (χ0v) is 16.2. The largest absolute Gasteiger partial charge is 0.497 e. The quantitative estimate of drug-likeness (QED) is 0.514. The van der Waals surface area contributed by atoms with E-state index >= 15 is 0 Å². The van der Waals surface area contributed by atoms with Crippen molar-refractivity contribution in [2.45, 2.75) is 6.92 Å². The number of ether oxygens (including phenoxy) is 3. The van der Waals surface area contributed by atoms with Gasteiger partial charge in [0.2, 0.25) is 0 Å².